The van der Waals surface area contributed by atoms with E-state index in [1.165, 1.54) is 0 Å². The number of nitrogens with two attached hydrogens (primary N) is 1. The molecule has 0 amide bonds. The highest BCUT2D eigenvalue weighted by Crippen LogP contribution is 2.72. The number of hydrogen-bond donors (Lipinski definition) is 10. The summed E-state index contributed by atoms with van der Waals surface area (Å²) in [5.41, 5.74) is 4.22. The van der Waals surface area contributed by atoms with Crippen molar-refractivity contribution in [3.05, 3.63) is 16.7 Å². The van der Waals surface area contributed by atoms with Gasteiger partial charge in [-0.05, 0) is 0 Å². The molecule has 11 N–H and O–H groups in total. The van der Waals surface area contributed by atoms with E-state index in [1.54, 1.807) is 0 Å². The molecule has 0 spiro atoms. The highest BCUT2D eigenvalue weighted by molar-refractivity contribution is 8.79. The van der Waals surface area contributed by atoms with Gasteiger partial charge < -0.3 is 35.6 Å². The molecule has 34 heavy (non-hydrogen) atoms. The van der Waals surface area contributed by atoms with Crippen LogP contribution in [-0.4, -0.2) is 83.9 Å². The van der Waals surface area contributed by atoms with Crippen molar-refractivity contribution < 1.29 is 66.7 Å². The number of hydrogen-bond acceptors (Lipinski definition) is 13. The molecular weight excluding hydrogens is 555 g/mol. The van der Waals surface area contributed by atoms with E-state index < -0.39 is 68.2 Å². The molecule has 2 aromatic heterocycles. The molecule has 0 radical (unpaired) electrons. The first kappa shape index (κ1) is 27.3. The number of rotatable bonds is 8. The van der Waals surface area contributed by atoms with Gasteiger partial charge in [-0.15, -0.1) is 4.18 Å². The maximum Gasteiger partial charge on any atom is 0.591 e. The Morgan fingerprint density at radius 3 is 2.35 bits per heavy atom. The lowest BCUT2D eigenvalue weighted by molar-refractivity contribution is -0.149. The molecule has 0 aromatic carbocycles. The minimum atomic E-state index is -5.94. The molecule has 1 aliphatic heterocycles. The van der Waals surface area contributed by atoms with Crippen LogP contribution < -0.4 is 11.3 Å². The fourth-order valence-corrected chi connectivity index (χ4v) is 11.4. The van der Waals surface area contributed by atoms with Crippen LogP contribution in [0.25, 0.3) is 11.2 Å². The molecular formula is C10H17N5O15P3S+. The van der Waals surface area contributed by atoms with Gasteiger partial charge in [0.05, 0.1) is 6.33 Å². The van der Waals surface area contributed by atoms with Gasteiger partial charge in [-0.25, -0.2) is 18.7 Å². The summed E-state index contributed by atoms with van der Waals surface area (Å²) in [4.78, 5) is 67.3. The van der Waals surface area contributed by atoms with Crippen molar-refractivity contribution in [3.63, 3.8) is 0 Å². The Labute approximate surface area is 188 Å². The molecule has 0 aliphatic carbocycles. The van der Waals surface area contributed by atoms with Gasteiger partial charge in [-0.1, -0.05) is 0 Å². The van der Waals surface area contributed by atoms with E-state index in [2.05, 4.69) is 23.4 Å². The van der Waals surface area contributed by atoms with E-state index in [4.69, 9.17) is 20.3 Å². The van der Waals surface area contributed by atoms with Gasteiger partial charge in [0.2, 0.25) is 12.2 Å². The lowest BCUT2D eigenvalue weighted by Gasteiger charge is -2.20. The molecule has 24 heteroatoms. The van der Waals surface area contributed by atoms with Crippen LogP contribution in [0.1, 0.15) is 6.23 Å². The van der Waals surface area contributed by atoms with E-state index in [-0.39, 0.29) is 17.1 Å². The molecule has 2 aromatic rings. The molecule has 1 saturated heterocycles. The van der Waals surface area contributed by atoms with Gasteiger partial charge in [0.25, 0.3) is 5.56 Å². The van der Waals surface area contributed by atoms with Crippen LogP contribution in [0, 0.1) is 0 Å². The third-order valence-electron chi connectivity index (χ3n) is 4.08. The molecule has 3 heterocycles. The normalized spacial score (nSPS) is 27.5. The number of nitrogens with zero attached hydrogens (tertiary/aromatic N) is 3. The standard InChI is InChI=1S/C10H16N5O15P3S/c11-10-13-6-2(7(18)14-10)12-1-15(6)8-4(17)3(16)5(28-8)9(19)29-34(32(23,24)25)33(26,27)30-31(20,21)22/h1,3-5,8-9,16-17,19H,(H7-,11,13,14,18,20,21,22,23,24,25,26,27)/p+1/t3-,4+,5-,8+,9?,34?/m0/s1. The monoisotopic (exact) mass is 572 g/mol. The summed E-state index contributed by atoms with van der Waals surface area (Å²) in [6.45, 7) is -11.8. The number of fused-ring (bicyclic) bond motifs is 1. The second-order valence-electron chi connectivity index (χ2n) is 6.50. The lowest BCUT2D eigenvalue weighted by atomic mass is 10.1. The van der Waals surface area contributed by atoms with Crippen molar-refractivity contribution in [2.75, 3.05) is 5.73 Å². The number of aliphatic hydroxyl groups excluding tert-OH is 3. The van der Waals surface area contributed by atoms with Gasteiger partial charge in [0.15, 0.2) is 17.4 Å². The van der Waals surface area contributed by atoms with Gasteiger partial charge in [0, 0.05) is 0 Å². The third kappa shape index (κ3) is 5.59. The summed E-state index contributed by atoms with van der Waals surface area (Å²) >= 11 is 0. The maximum atomic E-state index is 12.0. The quantitative estimate of drug-likeness (QED) is 0.0832. The summed E-state index contributed by atoms with van der Waals surface area (Å²) in [5, 5.41) is 30.8. The van der Waals surface area contributed by atoms with Crippen LogP contribution >= 0.6 is 21.4 Å². The Balaban J connectivity index is 1.89. The number of nitrogen functional groups attached to an aromatic ring is 1. The predicted molar refractivity (Wildman–Crippen MR) is 108 cm³/mol. The zero-order valence-corrected chi connectivity index (χ0v) is 19.6. The highest BCUT2D eigenvalue weighted by atomic mass is 33.1. The summed E-state index contributed by atoms with van der Waals surface area (Å²) in [5.74, 6) is -0.346. The van der Waals surface area contributed by atoms with Gasteiger partial charge in [0.1, 0.15) is 18.3 Å². The average Bonchev–Trinajstić information content (AvgIpc) is 3.18. The minimum absolute atomic E-state index is 0.224. The van der Waals surface area contributed by atoms with Crippen LogP contribution in [0.5, 0.6) is 0 Å². The van der Waals surface area contributed by atoms with E-state index in [0.29, 0.717) is 0 Å². The summed E-state index contributed by atoms with van der Waals surface area (Å²) in [6.07, 6.45) is -9.39. The van der Waals surface area contributed by atoms with Crippen molar-refractivity contribution in [3.8, 4) is 0 Å². The predicted octanol–water partition coefficient (Wildman–Crippen LogP) is -3.51. The Kier molecular flexibility index (Phi) is 7.50. The fourth-order valence-electron chi connectivity index (χ4n) is 2.83. The molecule has 3 unspecified atom stereocenters. The molecule has 192 valence electrons. The second-order valence-corrected chi connectivity index (χ2v) is 16.4. The first-order chi connectivity index (χ1) is 15.4. The Morgan fingerprint density at radius 2 is 1.79 bits per heavy atom. The van der Waals surface area contributed by atoms with Gasteiger partial charge in [-0.2, -0.15) is 9.29 Å². The summed E-state index contributed by atoms with van der Waals surface area (Å²) < 4.78 is 48.7. The van der Waals surface area contributed by atoms with Crippen molar-refractivity contribution >= 4 is 48.9 Å². The Bertz CT molecular complexity index is 1270. The molecule has 3 rings (SSSR count). The Hall–Kier alpha value is -1.25. The summed E-state index contributed by atoms with van der Waals surface area (Å²) in [7, 11) is -9.44. The average molecular weight is 572 g/mol. The number of H-pyrrole nitrogens is 1. The number of aromatic amines is 1. The summed E-state index contributed by atoms with van der Waals surface area (Å²) in [6, 6.07) is 0. The molecule has 20 nitrogen and oxygen atoms in total. The first-order valence-corrected chi connectivity index (χ1v) is 15.5. The van der Waals surface area contributed by atoms with E-state index in [0.717, 1.165) is 10.9 Å². The Morgan fingerprint density at radius 1 is 1.18 bits per heavy atom. The van der Waals surface area contributed by atoms with Crippen LogP contribution in [-0.2, 0) is 37.3 Å². The van der Waals surface area contributed by atoms with E-state index >= 15 is 0 Å². The van der Waals surface area contributed by atoms with Crippen LogP contribution in [0.4, 0.5) is 5.95 Å². The van der Waals surface area contributed by atoms with E-state index in [1.807, 2.05) is 0 Å². The number of imidazole rings is 1. The topological polar surface area (TPSA) is 330 Å². The largest absolute Gasteiger partial charge is 0.591 e. The van der Waals surface area contributed by atoms with Gasteiger partial charge >= 0.3 is 31.8 Å². The molecule has 0 bridgehead atoms. The first-order valence-electron chi connectivity index (χ1n) is 8.42. The SMILES string of the molecule is Nc1nc2c(ncn2[C@@H]2O[C@H](C(O)O[S+](P(=O)(O)O)P(=O)(O)OP(=O)(O)O)[C@@H](O)[C@H]2O)c(=O)[nH]1. The lowest BCUT2D eigenvalue weighted by Crippen LogP contribution is -2.40. The second kappa shape index (κ2) is 9.32. The van der Waals surface area contributed by atoms with Crippen molar-refractivity contribution in [2.45, 2.75) is 30.8 Å². The number of ether oxygens (including phenoxy) is 1. The number of aliphatic hydroxyl groups is 3. The third-order valence-corrected chi connectivity index (χ3v) is 14.2. The zero-order valence-electron chi connectivity index (χ0n) is 16.1. The van der Waals surface area contributed by atoms with Crippen LogP contribution in [0.2, 0.25) is 0 Å². The molecule has 7 atom stereocenters. The molecule has 0 saturated carbocycles. The van der Waals surface area contributed by atoms with Gasteiger partial charge in [-0.3, -0.25) is 29.0 Å². The van der Waals surface area contributed by atoms with Crippen molar-refractivity contribution in [1.29, 1.82) is 0 Å². The number of anilines is 1. The van der Waals surface area contributed by atoms with E-state index in [9.17, 15) is 48.5 Å². The molecule has 1 fully saturated rings. The van der Waals surface area contributed by atoms with Crippen LogP contribution in [0.15, 0.2) is 11.1 Å². The highest BCUT2D eigenvalue weighted by Gasteiger charge is 2.66. The molecule has 1 aliphatic rings. The van der Waals surface area contributed by atoms with Crippen molar-refractivity contribution in [1.82, 2.24) is 19.5 Å². The fraction of sp³-hybridized carbons (Fsp3) is 0.500. The number of nitrogens with one attached hydrogen (secondary N) is 1. The minimum Gasteiger partial charge on any atom is -0.387 e. The zero-order chi connectivity index (χ0) is 25.8. The number of aromatic nitrogens is 4. The maximum absolute atomic E-state index is 12.0. The van der Waals surface area contributed by atoms with Crippen molar-refractivity contribution in [2.24, 2.45) is 0 Å². The van der Waals surface area contributed by atoms with Crippen LogP contribution in [0.3, 0.4) is 0 Å². The number of phosphoric acid groups is 1. The smallest absolute Gasteiger partial charge is 0.387 e.